The molecular weight excluding hydrogens is 362 g/mol. The van der Waals surface area contributed by atoms with Crippen LogP contribution >= 0.6 is 0 Å². The first-order chi connectivity index (χ1) is 13.3. The minimum atomic E-state index is -0.545. The summed E-state index contributed by atoms with van der Waals surface area (Å²) in [6.45, 7) is 2.10. The van der Waals surface area contributed by atoms with Crippen LogP contribution in [0.3, 0.4) is 0 Å². The van der Waals surface area contributed by atoms with Crippen LogP contribution in [0, 0.1) is 5.92 Å². The first-order valence-corrected chi connectivity index (χ1v) is 9.21. The molecule has 1 saturated carbocycles. The van der Waals surface area contributed by atoms with Crippen LogP contribution in [-0.2, 0) is 0 Å². The number of benzene rings is 1. The van der Waals surface area contributed by atoms with Gasteiger partial charge in [-0.3, -0.25) is 24.6 Å². The molecule has 0 bridgehead atoms. The number of phenols is 1. The largest absolute Gasteiger partial charge is 0.505 e. The van der Waals surface area contributed by atoms with Gasteiger partial charge in [0.05, 0.1) is 11.3 Å². The van der Waals surface area contributed by atoms with E-state index in [9.17, 15) is 19.5 Å². The number of rotatable bonds is 5. The molecule has 0 radical (unpaired) electrons. The average molecular weight is 387 g/mol. The van der Waals surface area contributed by atoms with E-state index in [1.54, 1.807) is 20.2 Å². The molecule has 2 aromatic rings. The number of aromatic hydroxyl groups is 1. The Morgan fingerprint density at radius 2 is 1.82 bits per heavy atom. The number of hydrogen-bond donors (Lipinski definition) is 5. The molecule has 3 rings (SSSR count). The SMILES string of the molecule is C[C@H]1CCCC1Nc1c(Nc2cccc(C(=O)N(C)C)c2O)c(=O)[nH][nH]c1=O. The zero-order valence-electron chi connectivity index (χ0n) is 16.1. The lowest BCUT2D eigenvalue weighted by Gasteiger charge is -2.20. The normalized spacial score (nSPS) is 18.7. The summed E-state index contributed by atoms with van der Waals surface area (Å²) in [6, 6.07) is 4.69. The Bertz CT molecular complexity index is 995. The fraction of sp³-hybridized carbons (Fsp3) is 0.421. The van der Waals surface area contributed by atoms with Gasteiger partial charge in [0.25, 0.3) is 17.0 Å². The van der Waals surface area contributed by atoms with Crippen molar-refractivity contribution < 1.29 is 9.90 Å². The summed E-state index contributed by atoms with van der Waals surface area (Å²) >= 11 is 0. The Kier molecular flexibility index (Phi) is 5.43. The second-order valence-electron chi connectivity index (χ2n) is 7.34. The van der Waals surface area contributed by atoms with E-state index in [4.69, 9.17) is 0 Å². The Hall–Kier alpha value is -3.23. The summed E-state index contributed by atoms with van der Waals surface area (Å²) in [5.41, 5.74) is -0.655. The molecule has 150 valence electrons. The van der Waals surface area contributed by atoms with Gasteiger partial charge in [-0.15, -0.1) is 0 Å². The van der Waals surface area contributed by atoms with E-state index in [1.807, 2.05) is 0 Å². The molecule has 9 heteroatoms. The fourth-order valence-corrected chi connectivity index (χ4v) is 3.46. The van der Waals surface area contributed by atoms with Crippen molar-refractivity contribution >= 4 is 23.0 Å². The van der Waals surface area contributed by atoms with Gasteiger partial charge in [0.15, 0.2) is 5.75 Å². The van der Waals surface area contributed by atoms with Gasteiger partial charge in [-0.2, -0.15) is 0 Å². The number of carbonyl (C=O) groups is 1. The van der Waals surface area contributed by atoms with E-state index in [0.717, 1.165) is 19.3 Å². The summed E-state index contributed by atoms with van der Waals surface area (Å²) in [6.07, 6.45) is 3.01. The second kappa shape index (κ2) is 7.79. The van der Waals surface area contributed by atoms with Crippen LogP contribution in [0.1, 0.15) is 36.5 Å². The molecule has 1 aromatic carbocycles. The molecule has 1 aliphatic rings. The maximum absolute atomic E-state index is 12.4. The van der Waals surface area contributed by atoms with Gasteiger partial charge >= 0.3 is 0 Å². The summed E-state index contributed by atoms with van der Waals surface area (Å²) in [5, 5.41) is 21.1. The zero-order chi connectivity index (χ0) is 20.4. The van der Waals surface area contributed by atoms with E-state index in [0.29, 0.717) is 5.92 Å². The first kappa shape index (κ1) is 19.5. The van der Waals surface area contributed by atoms with Crippen LogP contribution in [0.15, 0.2) is 27.8 Å². The number of para-hydroxylation sites is 1. The van der Waals surface area contributed by atoms with Crippen molar-refractivity contribution in [1.82, 2.24) is 15.1 Å². The summed E-state index contributed by atoms with van der Waals surface area (Å²) in [4.78, 5) is 38.3. The van der Waals surface area contributed by atoms with Gasteiger partial charge in [0.2, 0.25) is 0 Å². The highest BCUT2D eigenvalue weighted by molar-refractivity contribution is 5.98. The molecule has 28 heavy (non-hydrogen) atoms. The Balaban J connectivity index is 2.00. The van der Waals surface area contributed by atoms with Crippen LogP contribution in [0.25, 0.3) is 0 Å². The molecule has 1 unspecified atom stereocenters. The van der Waals surface area contributed by atoms with Crippen molar-refractivity contribution in [1.29, 1.82) is 0 Å². The van der Waals surface area contributed by atoms with Gasteiger partial charge in [0, 0.05) is 20.1 Å². The van der Waals surface area contributed by atoms with Crippen molar-refractivity contribution in [3.8, 4) is 5.75 Å². The maximum Gasteiger partial charge on any atom is 0.288 e. The monoisotopic (exact) mass is 387 g/mol. The molecule has 0 spiro atoms. The predicted octanol–water partition coefficient (Wildman–Crippen LogP) is 1.81. The van der Waals surface area contributed by atoms with Crippen LogP contribution < -0.4 is 21.8 Å². The van der Waals surface area contributed by atoms with E-state index < -0.39 is 11.1 Å². The van der Waals surface area contributed by atoms with Crippen LogP contribution in [0.5, 0.6) is 5.75 Å². The van der Waals surface area contributed by atoms with Crippen molar-refractivity contribution in [3.05, 3.63) is 44.5 Å². The summed E-state index contributed by atoms with van der Waals surface area (Å²) in [5.74, 6) is -0.291. The Morgan fingerprint density at radius 1 is 1.14 bits per heavy atom. The number of aromatic nitrogens is 2. The van der Waals surface area contributed by atoms with Crippen molar-refractivity contribution in [2.45, 2.75) is 32.2 Å². The van der Waals surface area contributed by atoms with E-state index in [2.05, 4.69) is 27.8 Å². The number of anilines is 3. The fourth-order valence-electron chi connectivity index (χ4n) is 3.46. The highest BCUT2D eigenvalue weighted by atomic mass is 16.3. The number of H-pyrrole nitrogens is 2. The topological polar surface area (TPSA) is 130 Å². The lowest BCUT2D eigenvalue weighted by Crippen LogP contribution is -2.31. The van der Waals surface area contributed by atoms with Gasteiger partial charge < -0.3 is 20.6 Å². The second-order valence-corrected chi connectivity index (χ2v) is 7.34. The predicted molar refractivity (Wildman–Crippen MR) is 108 cm³/mol. The molecule has 1 amide bonds. The highest BCUT2D eigenvalue weighted by Gasteiger charge is 2.26. The average Bonchev–Trinajstić information content (AvgIpc) is 3.06. The number of nitrogens with zero attached hydrogens (tertiary/aromatic N) is 1. The first-order valence-electron chi connectivity index (χ1n) is 9.21. The van der Waals surface area contributed by atoms with Gasteiger partial charge in [-0.1, -0.05) is 19.4 Å². The van der Waals surface area contributed by atoms with Crippen LogP contribution in [0.2, 0.25) is 0 Å². The van der Waals surface area contributed by atoms with E-state index >= 15 is 0 Å². The van der Waals surface area contributed by atoms with Crippen molar-refractivity contribution in [3.63, 3.8) is 0 Å². The van der Waals surface area contributed by atoms with Crippen LogP contribution in [-0.4, -0.2) is 46.2 Å². The molecule has 5 N–H and O–H groups in total. The number of phenolic OH excluding ortho intramolecular Hbond substituents is 1. The Morgan fingerprint density at radius 3 is 2.43 bits per heavy atom. The molecular formula is C19H25N5O4. The van der Waals surface area contributed by atoms with E-state index in [1.165, 1.54) is 17.0 Å². The minimum Gasteiger partial charge on any atom is -0.505 e. The molecule has 1 aliphatic carbocycles. The van der Waals surface area contributed by atoms with Gasteiger partial charge in [-0.25, -0.2) is 0 Å². The molecule has 2 atom stereocenters. The third-order valence-corrected chi connectivity index (χ3v) is 5.12. The Labute approximate surface area is 161 Å². The quantitative estimate of drug-likeness (QED) is 0.498. The standard InChI is InChI=1S/C19H25N5O4/c1-10-6-4-8-12(10)20-14-15(18(27)23-22-17(14)26)21-13-9-5-7-11(16(13)25)19(28)24(2)3/h5,7,9-10,12,25H,4,6,8H2,1-3H3,(H2,20,23,27)(H2,21,22,26)/t10-,12?/m0/s1. The molecule has 1 heterocycles. The maximum atomic E-state index is 12.4. The minimum absolute atomic E-state index is 0.00685. The smallest absolute Gasteiger partial charge is 0.288 e. The van der Waals surface area contributed by atoms with Gasteiger partial charge in [0.1, 0.15) is 11.4 Å². The highest BCUT2D eigenvalue weighted by Crippen LogP contribution is 2.33. The van der Waals surface area contributed by atoms with Crippen LogP contribution in [0.4, 0.5) is 17.1 Å². The summed E-state index contributed by atoms with van der Waals surface area (Å²) in [7, 11) is 3.15. The molecule has 0 saturated heterocycles. The number of nitrogens with one attached hydrogen (secondary N) is 4. The van der Waals surface area contributed by atoms with Gasteiger partial charge in [-0.05, 0) is 30.9 Å². The lowest BCUT2D eigenvalue weighted by atomic mass is 10.1. The molecule has 9 nitrogen and oxygen atoms in total. The zero-order valence-corrected chi connectivity index (χ0v) is 16.1. The molecule has 0 aliphatic heterocycles. The number of amides is 1. The molecule has 1 aromatic heterocycles. The number of hydrogen-bond acceptors (Lipinski definition) is 6. The molecule has 1 fully saturated rings. The van der Waals surface area contributed by atoms with Crippen molar-refractivity contribution in [2.75, 3.05) is 24.7 Å². The number of carbonyl (C=O) groups excluding carboxylic acids is 1. The number of aromatic amines is 2. The third-order valence-electron chi connectivity index (χ3n) is 5.12. The summed E-state index contributed by atoms with van der Waals surface area (Å²) < 4.78 is 0. The van der Waals surface area contributed by atoms with Crippen molar-refractivity contribution in [2.24, 2.45) is 5.92 Å². The lowest BCUT2D eigenvalue weighted by molar-refractivity contribution is 0.0824. The van der Waals surface area contributed by atoms with E-state index in [-0.39, 0.29) is 40.3 Å². The third kappa shape index (κ3) is 3.73.